The van der Waals surface area contributed by atoms with Crippen molar-refractivity contribution in [2.45, 2.75) is 13.0 Å². The van der Waals surface area contributed by atoms with Gasteiger partial charge in [0.15, 0.2) is 6.61 Å². The smallest absolute Gasteiger partial charge is 0.325 e. The van der Waals surface area contributed by atoms with Gasteiger partial charge in [0.1, 0.15) is 11.8 Å². The highest BCUT2D eigenvalue weighted by atomic mass is 16.5. The van der Waals surface area contributed by atoms with Crippen LogP contribution in [0.4, 0.5) is 0 Å². The molecular weight excluding hydrogens is 236 g/mol. The maximum absolute atomic E-state index is 11.3. The molecule has 0 spiro atoms. The third-order valence-corrected chi connectivity index (χ3v) is 2.10. The van der Waals surface area contributed by atoms with Crippen LogP contribution in [0.5, 0.6) is 5.75 Å². The van der Waals surface area contributed by atoms with E-state index in [4.69, 9.17) is 15.1 Å². The van der Waals surface area contributed by atoms with Gasteiger partial charge in [-0.3, -0.25) is 9.59 Å². The summed E-state index contributed by atoms with van der Waals surface area (Å²) in [5.74, 6) is -1.19. The maximum Gasteiger partial charge on any atom is 0.325 e. The second-order valence-electron chi connectivity index (χ2n) is 3.55. The monoisotopic (exact) mass is 248 g/mol. The van der Waals surface area contributed by atoms with E-state index in [9.17, 15) is 9.59 Å². The molecule has 1 aromatic carbocycles. The molecule has 6 nitrogen and oxygen atoms in total. The first-order valence-electron chi connectivity index (χ1n) is 5.18. The molecule has 1 rings (SSSR count). The van der Waals surface area contributed by atoms with Gasteiger partial charge in [-0.2, -0.15) is 5.26 Å². The fourth-order valence-corrected chi connectivity index (χ4v) is 1.12. The largest absolute Gasteiger partial charge is 0.484 e. The predicted octanol–water partition coefficient (Wildman–Crippen LogP) is 0.526. The van der Waals surface area contributed by atoms with Crippen LogP contribution in [0.1, 0.15) is 12.5 Å². The van der Waals surface area contributed by atoms with Gasteiger partial charge in [0.05, 0.1) is 11.6 Å². The molecule has 2 N–H and O–H groups in total. The quantitative estimate of drug-likeness (QED) is 0.791. The number of benzene rings is 1. The summed E-state index contributed by atoms with van der Waals surface area (Å²) < 4.78 is 5.13. The Labute approximate surface area is 104 Å². The predicted molar refractivity (Wildman–Crippen MR) is 61.9 cm³/mol. The molecule has 0 bridgehead atoms. The van der Waals surface area contributed by atoms with Gasteiger partial charge in [-0.15, -0.1) is 0 Å². The summed E-state index contributed by atoms with van der Waals surface area (Å²) in [6.45, 7) is 1.09. The van der Waals surface area contributed by atoms with E-state index in [0.29, 0.717) is 11.3 Å². The second kappa shape index (κ2) is 6.25. The second-order valence-corrected chi connectivity index (χ2v) is 3.55. The van der Waals surface area contributed by atoms with Crippen LogP contribution >= 0.6 is 0 Å². The van der Waals surface area contributed by atoms with E-state index in [1.807, 2.05) is 6.07 Å². The topological polar surface area (TPSA) is 99.4 Å². The Hall–Kier alpha value is -2.55. The Bertz CT molecular complexity index is 476. The van der Waals surface area contributed by atoms with E-state index in [1.54, 1.807) is 24.3 Å². The Balaban J connectivity index is 2.43. The number of aliphatic carboxylic acids is 1. The van der Waals surface area contributed by atoms with Crippen LogP contribution in [-0.4, -0.2) is 29.6 Å². The fourth-order valence-electron chi connectivity index (χ4n) is 1.12. The summed E-state index contributed by atoms with van der Waals surface area (Å²) in [5, 5.41) is 19.4. The number of rotatable bonds is 5. The standard InChI is InChI=1S/C12H12N2O4/c1-8(12(16)17)14-11(15)7-18-10-4-2-9(6-13)3-5-10/h2-5,8H,7H2,1H3,(H,14,15)(H,16,17)/t8-/m1/s1. The van der Waals surface area contributed by atoms with Crippen LogP contribution < -0.4 is 10.1 Å². The first kappa shape index (κ1) is 13.5. The van der Waals surface area contributed by atoms with Crippen molar-refractivity contribution in [1.82, 2.24) is 5.32 Å². The average Bonchev–Trinajstić information content (AvgIpc) is 2.36. The summed E-state index contributed by atoms with van der Waals surface area (Å²) in [4.78, 5) is 21.8. The van der Waals surface area contributed by atoms with Crippen molar-refractivity contribution in [3.63, 3.8) is 0 Å². The number of carboxylic acid groups (broad SMARTS) is 1. The minimum Gasteiger partial charge on any atom is -0.484 e. The van der Waals surface area contributed by atoms with Crippen LogP contribution in [0, 0.1) is 11.3 Å². The van der Waals surface area contributed by atoms with Crippen LogP contribution in [0.15, 0.2) is 24.3 Å². The highest BCUT2D eigenvalue weighted by Crippen LogP contribution is 2.11. The molecule has 0 aromatic heterocycles. The number of amides is 1. The zero-order valence-corrected chi connectivity index (χ0v) is 9.71. The Morgan fingerprint density at radius 2 is 2.06 bits per heavy atom. The van der Waals surface area contributed by atoms with Gasteiger partial charge in [-0.1, -0.05) is 0 Å². The minimum absolute atomic E-state index is 0.274. The zero-order valence-electron chi connectivity index (χ0n) is 9.71. The Morgan fingerprint density at radius 1 is 1.44 bits per heavy atom. The number of ether oxygens (including phenoxy) is 1. The van der Waals surface area contributed by atoms with E-state index >= 15 is 0 Å². The normalized spacial score (nSPS) is 11.1. The van der Waals surface area contributed by atoms with Crippen molar-refractivity contribution >= 4 is 11.9 Å². The highest BCUT2D eigenvalue weighted by Gasteiger charge is 2.13. The summed E-state index contributed by atoms with van der Waals surface area (Å²) in [7, 11) is 0. The van der Waals surface area contributed by atoms with Gasteiger partial charge < -0.3 is 15.2 Å². The summed E-state index contributed by atoms with van der Waals surface area (Å²) in [6, 6.07) is 7.25. The molecule has 0 aliphatic heterocycles. The maximum atomic E-state index is 11.3. The number of carbonyl (C=O) groups is 2. The highest BCUT2D eigenvalue weighted by molar-refractivity contribution is 5.84. The van der Waals surface area contributed by atoms with Crippen LogP contribution in [0.25, 0.3) is 0 Å². The van der Waals surface area contributed by atoms with Gasteiger partial charge in [-0.05, 0) is 31.2 Å². The van der Waals surface area contributed by atoms with Gasteiger partial charge in [0, 0.05) is 0 Å². The SMILES string of the molecule is C[C@@H](NC(=O)COc1ccc(C#N)cc1)C(=O)O. The number of carboxylic acids is 1. The lowest BCUT2D eigenvalue weighted by atomic mass is 10.2. The molecule has 1 aromatic rings. The molecule has 1 amide bonds. The Morgan fingerprint density at radius 3 is 2.56 bits per heavy atom. The Kier molecular flexibility index (Phi) is 4.69. The number of hydrogen-bond donors (Lipinski definition) is 2. The van der Waals surface area contributed by atoms with Gasteiger partial charge in [-0.25, -0.2) is 0 Å². The van der Waals surface area contributed by atoms with E-state index < -0.39 is 17.9 Å². The van der Waals surface area contributed by atoms with Crippen LogP contribution in [-0.2, 0) is 9.59 Å². The summed E-state index contributed by atoms with van der Waals surface area (Å²) >= 11 is 0. The summed E-state index contributed by atoms with van der Waals surface area (Å²) in [6.07, 6.45) is 0. The molecular formula is C12H12N2O4. The zero-order chi connectivity index (χ0) is 13.5. The number of nitrogens with zero attached hydrogens (tertiary/aromatic N) is 1. The third kappa shape index (κ3) is 4.14. The number of hydrogen-bond acceptors (Lipinski definition) is 4. The van der Waals surface area contributed by atoms with Crippen molar-refractivity contribution in [2.24, 2.45) is 0 Å². The number of carbonyl (C=O) groups excluding carboxylic acids is 1. The van der Waals surface area contributed by atoms with E-state index in [2.05, 4.69) is 5.32 Å². The van der Waals surface area contributed by atoms with Crippen LogP contribution in [0.3, 0.4) is 0 Å². The molecule has 0 aliphatic rings. The molecule has 6 heteroatoms. The van der Waals surface area contributed by atoms with E-state index in [1.165, 1.54) is 6.92 Å². The van der Waals surface area contributed by atoms with E-state index in [-0.39, 0.29) is 6.61 Å². The van der Waals surface area contributed by atoms with Gasteiger partial charge in [0.25, 0.3) is 5.91 Å². The first-order chi connectivity index (χ1) is 8.52. The molecule has 0 fully saturated rings. The van der Waals surface area contributed by atoms with Crippen molar-refractivity contribution < 1.29 is 19.4 Å². The van der Waals surface area contributed by atoms with Crippen molar-refractivity contribution in [2.75, 3.05) is 6.61 Å². The lowest BCUT2D eigenvalue weighted by Gasteiger charge is -2.10. The fraction of sp³-hybridized carbons (Fsp3) is 0.250. The average molecular weight is 248 g/mol. The molecule has 94 valence electrons. The summed E-state index contributed by atoms with van der Waals surface area (Å²) in [5.41, 5.74) is 0.492. The van der Waals surface area contributed by atoms with Crippen LogP contribution in [0.2, 0.25) is 0 Å². The van der Waals surface area contributed by atoms with Gasteiger partial charge >= 0.3 is 5.97 Å². The first-order valence-corrected chi connectivity index (χ1v) is 5.18. The van der Waals surface area contributed by atoms with E-state index in [0.717, 1.165) is 0 Å². The molecule has 0 unspecified atom stereocenters. The molecule has 0 radical (unpaired) electrons. The third-order valence-electron chi connectivity index (χ3n) is 2.10. The number of nitriles is 1. The molecule has 0 saturated carbocycles. The van der Waals surface area contributed by atoms with Crippen molar-refractivity contribution in [1.29, 1.82) is 5.26 Å². The minimum atomic E-state index is -1.11. The molecule has 0 aliphatic carbocycles. The lowest BCUT2D eigenvalue weighted by Crippen LogP contribution is -2.40. The molecule has 18 heavy (non-hydrogen) atoms. The van der Waals surface area contributed by atoms with Crippen molar-refractivity contribution in [3.05, 3.63) is 29.8 Å². The molecule has 0 saturated heterocycles. The number of nitrogens with one attached hydrogen (secondary N) is 1. The molecule has 0 heterocycles. The lowest BCUT2D eigenvalue weighted by molar-refractivity contribution is -0.141. The van der Waals surface area contributed by atoms with Crippen molar-refractivity contribution in [3.8, 4) is 11.8 Å². The van der Waals surface area contributed by atoms with Gasteiger partial charge in [0.2, 0.25) is 0 Å². The molecule has 1 atom stereocenters.